The quantitative estimate of drug-likeness (QED) is 0.915. The van der Waals surface area contributed by atoms with Crippen LogP contribution in [0.5, 0.6) is 0 Å². The maximum Gasteiger partial charge on any atom is 0.301 e. The zero-order valence-electron chi connectivity index (χ0n) is 12.9. The molecule has 1 heterocycles. The lowest BCUT2D eigenvalue weighted by molar-refractivity contribution is -0.119. The van der Waals surface area contributed by atoms with E-state index in [-0.39, 0.29) is 11.8 Å². The van der Waals surface area contributed by atoms with Gasteiger partial charge in [0.05, 0.1) is 5.69 Å². The van der Waals surface area contributed by atoms with E-state index in [1.807, 2.05) is 17.0 Å². The molecule has 1 aromatic rings. The fourth-order valence-corrected chi connectivity index (χ4v) is 3.29. The van der Waals surface area contributed by atoms with Crippen molar-refractivity contribution in [3.05, 3.63) is 23.8 Å². The number of fused-ring (bicyclic) bond motifs is 1. The highest BCUT2D eigenvalue weighted by Gasteiger charge is 2.35. The van der Waals surface area contributed by atoms with Gasteiger partial charge < -0.3 is 4.90 Å². The van der Waals surface area contributed by atoms with Gasteiger partial charge in [0.25, 0.3) is 0 Å². The summed E-state index contributed by atoms with van der Waals surface area (Å²) in [7, 11) is -0.542. The van der Waals surface area contributed by atoms with Crippen molar-refractivity contribution in [2.45, 2.75) is 25.7 Å². The molecule has 0 atom stereocenters. The van der Waals surface area contributed by atoms with Crippen molar-refractivity contribution in [3.63, 3.8) is 0 Å². The molecule has 0 bridgehead atoms. The monoisotopic (exact) mass is 323 g/mol. The zero-order chi connectivity index (χ0) is 15.9. The Balaban J connectivity index is 1.86. The van der Waals surface area contributed by atoms with Crippen LogP contribution in [0.2, 0.25) is 0 Å². The SMILES string of the molecule is CN(C)S(=O)(=O)Nc1ccc2c(c1)CCCN2C(=O)C1CC1. The normalized spacial score (nSPS) is 18.2. The Hall–Kier alpha value is -1.60. The number of nitrogens with one attached hydrogen (secondary N) is 1. The van der Waals surface area contributed by atoms with Crippen molar-refractivity contribution in [1.82, 2.24) is 4.31 Å². The Bertz CT molecular complexity index is 696. The molecule has 6 nitrogen and oxygen atoms in total. The summed E-state index contributed by atoms with van der Waals surface area (Å²) < 4.78 is 27.5. The van der Waals surface area contributed by atoms with Crippen molar-refractivity contribution in [2.24, 2.45) is 5.92 Å². The average Bonchev–Trinajstić information content (AvgIpc) is 3.29. The summed E-state index contributed by atoms with van der Waals surface area (Å²) in [6.45, 7) is 0.755. The van der Waals surface area contributed by atoms with Gasteiger partial charge in [-0.2, -0.15) is 12.7 Å². The molecule has 7 heteroatoms. The number of aryl methyl sites for hydroxylation is 1. The summed E-state index contributed by atoms with van der Waals surface area (Å²) in [6, 6.07) is 5.41. The molecule has 1 amide bonds. The number of nitrogens with zero attached hydrogens (tertiary/aromatic N) is 2. The number of carbonyl (C=O) groups is 1. The largest absolute Gasteiger partial charge is 0.312 e. The molecular weight excluding hydrogens is 302 g/mol. The highest BCUT2D eigenvalue weighted by atomic mass is 32.2. The number of hydrogen-bond donors (Lipinski definition) is 1. The molecule has 0 radical (unpaired) electrons. The van der Waals surface area contributed by atoms with Crippen LogP contribution in [0.4, 0.5) is 11.4 Å². The van der Waals surface area contributed by atoms with E-state index >= 15 is 0 Å². The minimum absolute atomic E-state index is 0.192. The summed E-state index contributed by atoms with van der Waals surface area (Å²) in [6.07, 6.45) is 3.76. The van der Waals surface area contributed by atoms with Gasteiger partial charge in [-0.25, -0.2) is 0 Å². The van der Waals surface area contributed by atoms with Gasteiger partial charge in [-0.05, 0) is 49.4 Å². The third kappa shape index (κ3) is 2.96. The van der Waals surface area contributed by atoms with Gasteiger partial charge >= 0.3 is 10.2 Å². The molecule has 1 saturated carbocycles. The Morgan fingerprint density at radius 3 is 2.68 bits per heavy atom. The molecule has 3 rings (SSSR count). The van der Waals surface area contributed by atoms with Crippen LogP contribution in [-0.2, 0) is 21.4 Å². The number of rotatable bonds is 4. The molecular formula is C15H21N3O3S. The summed E-state index contributed by atoms with van der Waals surface area (Å²) in [5, 5.41) is 0. The van der Waals surface area contributed by atoms with E-state index in [9.17, 15) is 13.2 Å². The standard InChI is InChI=1S/C15H21N3O3S/c1-17(2)22(20,21)16-13-7-8-14-12(10-13)4-3-9-18(14)15(19)11-5-6-11/h7-8,10-11,16H,3-6,9H2,1-2H3. The Morgan fingerprint density at radius 2 is 2.05 bits per heavy atom. The van der Waals surface area contributed by atoms with Crippen molar-refractivity contribution < 1.29 is 13.2 Å². The van der Waals surface area contributed by atoms with E-state index < -0.39 is 10.2 Å². The van der Waals surface area contributed by atoms with Gasteiger partial charge in [-0.15, -0.1) is 0 Å². The number of anilines is 2. The van der Waals surface area contributed by atoms with Crippen molar-refractivity contribution >= 4 is 27.5 Å². The molecule has 1 N–H and O–H groups in total. The highest BCUT2D eigenvalue weighted by Crippen LogP contribution is 2.36. The molecule has 1 aliphatic carbocycles. The second kappa shape index (κ2) is 5.55. The van der Waals surface area contributed by atoms with E-state index in [4.69, 9.17) is 0 Å². The fraction of sp³-hybridized carbons (Fsp3) is 0.533. The number of carbonyl (C=O) groups excluding carboxylic acids is 1. The van der Waals surface area contributed by atoms with Gasteiger partial charge in [-0.1, -0.05) is 0 Å². The predicted molar refractivity (Wildman–Crippen MR) is 86.1 cm³/mol. The third-order valence-corrected chi connectivity index (χ3v) is 5.57. The first-order valence-corrected chi connectivity index (χ1v) is 8.97. The van der Waals surface area contributed by atoms with Gasteiger partial charge in [0.2, 0.25) is 5.91 Å². The molecule has 0 saturated heterocycles. The lowest BCUT2D eigenvalue weighted by Gasteiger charge is -2.30. The minimum Gasteiger partial charge on any atom is -0.312 e. The van der Waals surface area contributed by atoms with E-state index in [0.29, 0.717) is 5.69 Å². The van der Waals surface area contributed by atoms with Gasteiger partial charge in [-0.3, -0.25) is 9.52 Å². The lowest BCUT2D eigenvalue weighted by atomic mass is 10.0. The van der Waals surface area contributed by atoms with Crippen LogP contribution in [-0.4, -0.2) is 39.3 Å². The number of hydrogen-bond acceptors (Lipinski definition) is 3. The summed E-state index contributed by atoms with van der Waals surface area (Å²) in [5.41, 5.74) is 2.49. The van der Waals surface area contributed by atoms with Crippen LogP contribution >= 0.6 is 0 Å². The molecule has 1 aromatic carbocycles. The molecule has 0 aromatic heterocycles. The van der Waals surface area contributed by atoms with Crippen LogP contribution in [0.3, 0.4) is 0 Å². The van der Waals surface area contributed by atoms with Gasteiger partial charge in [0, 0.05) is 32.2 Å². The molecule has 120 valence electrons. The molecule has 1 fully saturated rings. The topological polar surface area (TPSA) is 69.7 Å². The van der Waals surface area contributed by atoms with Gasteiger partial charge in [0.15, 0.2) is 0 Å². The Kier molecular flexibility index (Phi) is 3.86. The first-order chi connectivity index (χ1) is 10.4. The molecule has 0 unspecified atom stereocenters. The third-order valence-electron chi connectivity index (χ3n) is 4.12. The second-order valence-electron chi connectivity index (χ2n) is 6.10. The van der Waals surface area contributed by atoms with Crippen LogP contribution in [0.15, 0.2) is 18.2 Å². The number of amides is 1. The molecule has 1 aliphatic heterocycles. The van der Waals surface area contributed by atoms with E-state index in [1.54, 1.807) is 6.07 Å². The van der Waals surface area contributed by atoms with Crippen LogP contribution < -0.4 is 9.62 Å². The van der Waals surface area contributed by atoms with Crippen molar-refractivity contribution in [3.8, 4) is 0 Å². The zero-order valence-corrected chi connectivity index (χ0v) is 13.7. The highest BCUT2D eigenvalue weighted by molar-refractivity contribution is 7.90. The van der Waals surface area contributed by atoms with Crippen molar-refractivity contribution in [1.29, 1.82) is 0 Å². The maximum atomic E-state index is 12.3. The molecule has 22 heavy (non-hydrogen) atoms. The van der Waals surface area contributed by atoms with E-state index in [1.165, 1.54) is 14.1 Å². The molecule has 2 aliphatic rings. The van der Waals surface area contributed by atoms with E-state index in [0.717, 1.165) is 47.8 Å². The summed E-state index contributed by atoms with van der Waals surface area (Å²) >= 11 is 0. The predicted octanol–water partition coefficient (Wildman–Crippen LogP) is 1.59. The minimum atomic E-state index is -3.51. The smallest absolute Gasteiger partial charge is 0.301 e. The van der Waals surface area contributed by atoms with Gasteiger partial charge in [0.1, 0.15) is 0 Å². The summed E-state index contributed by atoms with van der Waals surface area (Å²) in [4.78, 5) is 14.2. The van der Waals surface area contributed by atoms with E-state index in [2.05, 4.69) is 4.72 Å². The van der Waals surface area contributed by atoms with Crippen LogP contribution in [0, 0.1) is 5.92 Å². The first-order valence-electron chi connectivity index (χ1n) is 7.53. The first kappa shape index (κ1) is 15.3. The second-order valence-corrected chi connectivity index (χ2v) is 7.99. The summed E-state index contributed by atoms with van der Waals surface area (Å²) in [5.74, 6) is 0.403. The van der Waals surface area contributed by atoms with Crippen LogP contribution in [0.25, 0.3) is 0 Å². The fourth-order valence-electron chi connectivity index (χ4n) is 2.68. The maximum absolute atomic E-state index is 12.3. The Morgan fingerprint density at radius 1 is 1.32 bits per heavy atom. The lowest BCUT2D eigenvalue weighted by Crippen LogP contribution is -2.36. The molecule has 0 spiro atoms. The van der Waals surface area contributed by atoms with Crippen LogP contribution in [0.1, 0.15) is 24.8 Å². The number of benzene rings is 1. The average molecular weight is 323 g/mol. The van der Waals surface area contributed by atoms with Crippen molar-refractivity contribution in [2.75, 3.05) is 30.3 Å². The Labute approximate surface area is 131 Å².